The second-order valence-electron chi connectivity index (χ2n) is 7.12. The predicted molar refractivity (Wildman–Crippen MR) is 101 cm³/mol. The lowest BCUT2D eigenvalue weighted by atomic mass is 10.00. The highest BCUT2D eigenvalue weighted by molar-refractivity contribution is 7.98. The monoisotopic (exact) mass is 440 g/mol. The number of alkyl halides is 5. The van der Waals surface area contributed by atoms with Crippen LogP contribution in [0.4, 0.5) is 37.7 Å². The molecule has 29 heavy (non-hydrogen) atoms. The Morgan fingerprint density at radius 2 is 1.90 bits per heavy atom. The summed E-state index contributed by atoms with van der Waals surface area (Å²) in [4.78, 5) is 6.39. The van der Waals surface area contributed by atoms with Crippen molar-refractivity contribution in [3.05, 3.63) is 17.9 Å². The van der Waals surface area contributed by atoms with Crippen LogP contribution in [-0.2, 0) is 0 Å². The molecule has 4 rings (SSSR count). The number of piperidine rings is 1. The van der Waals surface area contributed by atoms with E-state index in [1.165, 1.54) is 29.0 Å². The zero-order valence-electron chi connectivity index (χ0n) is 15.5. The van der Waals surface area contributed by atoms with Gasteiger partial charge in [-0.05, 0) is 56.2 Å². The second kappa shape index (κ2) is 9.03. The third kappa shape index (κ3) is 5.50. The van der Waals surface area contributed by atoms with E-state index in [0.29, 0.717) is 29.3 Å². The van der Waals surface area contributed by atoms with Crippen molar-refractivity contribution < 1.29 is 26.3 Å². The van der Waals surface area contributed by atoms with Gasteiger partial charge >= 0.3 is 6.18 Å². The molecule has 1 aliphatic carbocycles. The molecule has 0 bridgehead atoms. The molecule has 1 unspecified atom stereocenters. The molecule has 2 heterocycles. The Bertz CT molecular complexity index is 751. The Morgan fingerprint density at radius 3 is 2.48 bits per heavy atom. The molecule has 0 aromatic heterocycles. The summed E-state index contributed by atoms with van der Waals surface area (Å²) in [5.41, 5.74) is 5.15. The van der Waals surface area contributed by atoms with Crippen LogP contribution in [0, 0.1) is 11.7 Å². The summed E-state index contributed by atoms with van der Waals surface area (Å²) in [6.07, 6.45) is -3.36. The van der Waals surface area contributed by atoms with Crippen molar-refractivity contribution in [2.45, 2.75) is 55.6 Å². The lowest BCUT2D eigenvalue weighted by Crippen LogP contribution is -2.49. The number of amidine groups is 1. The van der Waals surface area contributed by atoms with E-state index < -0.39 is 31.0 Å². The number of hydrogen-bond acceptors (Lipinski definition) is 5. The minimum Gasteiger partial charge on any atom is -0.358 e. The van der Waals surface area contributed by atoms with Gasteiger partial charge in [0.05, 0.1) is 17.1 Å². The van der Waals surface area contributed by atoms with Crippen LogP contribution in [0.3, 0.4) is 0 Å². The Hall–Kier alpha value is -1.62. The van der Waals surface area contributed by atoms with Gasteiger partial charge in [-0.15, -0.1) is 0 Å². The molecule has 1 saturated carbocycles. The van der Waals surface area contributed by atoms with Crippen LogP contribution in [0.15, 0.2) is 22.0 Å². The Balaban J connectivity index is 0.000000431. The van der Waals surface area contributed by atoms with Crippen LogP contribution in [0.25, 0.3) is 0 Å². The zero-order valence-corrected chi connectivity index (χ0v) is 16.3. The topological polar surface area (TPSA) is 53.6 Å². The number of nitrogens with one attached hydrogen (secondary N) is 1. The predicted octanol–water partition coefficient (Wildman–Crippen LogP) is 5.01. The molecule has 1 atom stereocenters. The van der Waals surface area contributed by atoms with Crippen molar-refractivity contribution in [3.8, 4) is 0 Å². The molecule has 0 amide bonds. The molecule has 3 aliphatic rings. The normalized spacial score (nSPS) is 21.7. The number of aliphatic imine (C=N–C) groups is 1. The Morgan fingerprint density at radius 1 is 1.21 bits per heavy atom. The molecule has 2 aliphatic heterocycles. The SMILES string of the molecule is Fc1cc2c(c(N3CCCCC3C(F)(F)F)c1)N=C(C1CC1)NS2.NCC(F)F. The highest BCUT2D eigenvalue weighted by Crippen LogP contribution is 2.46. The summed E-state index contributed by atoms with van der Waals surface area (Å²) in [6, 6.07) is 0.954. The lowest BCUT2D eigenvalue weighted by Gasteiger charge is -2.39. The number of nitrogens with zero attached hydrogens (tertiary/aromatic N) is 2. The first-order chi connectivity index (χ1) is 13.7. The van der Waals surface area contributed by atoms with Crippen molar-refractivity contribution in [2.75, 3.05) is 18.0 Å². The summed E-state index contributed by atoms with van der Waals surface area (Å²) in [5.74, 6) is 0.610. The van der Waals surface area contributed by atoms with E-state index in [1.54, 1.807) is 0 Å². The van der Waals surface area contributed by atoms with Gasteiger partial charge in [-0.25, -0.2) is 18.2 Å². The fourth-order valence-corrected chi connectivity index (χ4v) is 4.16. The van der Waals surface area contributed by atoms with E-state index in [1.807, 2.05) is 0 Å². The van der Waals surface area contributed by atoms with Crippen molar-refractivity contribution in [1.29, 1.82) is 0 Å². The number of hydrogen-bond donors (Lipinski definition) is 2. The van der Waals surface area contributed by atoms with Crippen LogP contribution >= 0.6 is 11.9 Å². The minimum absolute atomic E-state index is 0.0410. The van der Waals surface area contributed by atoms with Gasteiger partial charge in [0, 0.05) is 12.5 Å². The fraction of sp³-hybridized carbons (Fsp3) is 0.611. The quantitative estimate of drug-likeness (QED) is 0.513. The molecule has 1 aromatic carbocycles. The molecular formula is C18H22F6N4S. The maximum Gasteiger partial charge on any atom is 0.408 e. The average molecular weight is 440 g/mol. The first kappa shape index (κ1) is 22.1. The standard InChI is InChI=1S/C16H17F4N3S.C2H5F2N/c17-10-7-11(23-6-2-1-3-13(23)16(18,19)20)14-12(8-10)24-22-15(21-14)9-4-5-9;3-2(4)1-5/h7-9,13H,1-6H2,(H,21,22);2H,1,5H2. The van der Waals surface area contributed by atoms with Crippen molar-refractivity contribution in [3.63, 3.8) is 0 Å². The molecule has 0 spiro atoms. The van der Waals surface area contributed by atoms with Crippen LogP contribution in [-0.4, -0.2) is 37.6 Å². The van der Waals surface area contributed by atoms with E-state index in [-0.39, 0.29) is 18.7 Å². The van der Waals surface area contributed by atoms with Gasteiger partial charge in [0.2, 0.25) is 0 Å². The molecule has 162 valence electrons. The summed E-state index contributed by atoms with van der Waals surface area (Å²) < 4.78 is 78.7. The van der Waals surface area contributed by atoms with Crippen LogP contribution in [0.2, 0.25) is 0 Å². The Labute approximate surface area is 169 Å². The van der Waals surface area contributed by atoms with Gasteiger partial charge in [-0.3, -0.25) is 0 Å². The smallest absolute Gasteiger partial charge is 0.358 e. The van der Waals surface area contributed by atoms with Crippen LogP contribution < -0.4 is 15.4 Å². The molecule has 1 aromatic rings. The molecule has 3 N–H and O–H groups in total. The van der Waals surface area contributed by atoms with Gasteiger partial charge in [-0.2, -0.15) is 13.2 Å². The van der Waals surface area contributed by atoms with Gasteiger partial charge in [0.25, 0.3) is 6.43 Å². The van der Waals surface area contributed by atoms with Crippen LogP contribution in [0.1, 0.15) is 32.1 Å². The van der Waals surface area contributed by atoms with Crippen molar-refractivity contribution in [1.82, 2.24) is 4.72 Å². The van der Waals surface area contributed by atoms with Gasteiger partial charge < -0.3 is 15.4 Å². The third-order valence-electron chi connectivity index (χ3n) is 4.85. The molecule has 2 fully saturated rings. The van der Waals surface area contributed by atoms with E-state index in [0.717, 1.165) is 18.7 Å². The van der Waals surface area contributed by atoms with Gasteiger partial charge in [-0.1, -0.05) is 0 Å². The maximum absolute atomic E-state index is 14.0. The maximum atomic E-state index is 14.0. The fourth-order valence-electron chi connectivity index (χ4n) is 3.31. The van der Waals surface area contributed by atoms with E-state index in [2.05, 4.69) is 15.4 Å². The lowest BCUT2D eigenvalue weighted by molar-refractivity contribution is -0.152. The van der Waals surface area contributed by atoms with Gasteiger partial charge in [0.1, 0.15) is 23.4 Å². The molecular weight excluding hydrogens is 418 g/mol. The Kier molecular flexibility index (Phi) is 6.87. The summed E-state index contributed by atoms with van der Waals surface area (Å²) in [7, 11) is 0. The van der Waals surface area contributed by atoms with Crippen LogP contribution in [0.5, 0.6) is 0 Å². The molecule has 4 nitrogen and oxygen atoms in total. The highest BCUT2D eigenvalue weighted by Gasteiger charge is 2.45. The second-order valence-corrected chi connectivity index (χ2v) is 7.97. The summed E-state index contributed by atoms with van der Waals surface area (Å²) in [6.45, 7) is -0.257. The van der Waals surface area contributed by atoms with Crippen molar-refractivity contribution in [2.24, 2.45) is 16.6 Å². The number of rotatable bonds is 3. The van der Waals surface area contributed by atoms with Crippen molar-refractivity contribution >= 4 is 29.2 Å². The largest absolute Gasteiger partial charge is 0.408 e. The van der Waals surface area contributed by atoms with E-state index in [4.69, 9.17) is 0 Å². The summed E-state index contributed by atoms with van der Waals surface area (Å²) >= 11 is 1.24. The number of anilines is 1. The third-order valence-corrected chi connectivity index (χ3v) is 5.69. The molecule has 11 heteroatoms. The van der Waals surface area contributed by atoms with E-state index in [9.17, 15) is 26.3 Å². The first-order valence-corrected chi connectivity index (χ1v) is 10.2. The molecule has 0 radical (unpaired) electrons. The number of fused-ring (bicyclic) bond motifs is 1. The minimum atomic E-state index is -4.33. The zero-order chi connectivity index (χ0) is 21.2. The van der Waals surface area contributed by atoms with E-state index >= 15 is 0 Å². The number of nitrogens with two attached hydrogens (primary N) is 1. The number of benzene rings is 1. The average Bonchev–Trinajstić information content (AvgIpc) is 3.52. The number of halogens is 6. The first-order valence-electron chi connectivity index (χ1n) is 9.37. The molecule has 1 saturated heterocycles. The highest BCUT2D eigenvalue weighted by atomic mass is 32.2. The van der Waals surface area contributed by atoms with Gasteiger partial charge in [0.15, 0.2) is 0 Å². The summed E-state index contributed by atoms with van der Waals surface area (Å²) in [5, 5.41) is 0.